The highest BCUT2D eigenvalue weighted by atomic mass is 16.5. The van der Waals surface area contributed by atoms with Crippen LogP contribution in [-0.2, 0) is 17.8 Å². The summed E-state index contributed by atoms with van der Waals surface area (Å²) < 4.78 is 13.3. The molecule has 134 valence electrons. The Kier molecular flexibility index (Phi) is 4.57. The number of anilines is 1. The summed E-state index contributed by atoms with van der Waals surface area (Å²) in [4.78, 5) is 10.8. The Balaban J connectivity index is 1.55. The highest BCUT2D eigenvalue weighted by Crippen LogP contribution is 2.33. The first kappa shape index (κ1) is 16.3. The number of fused-ring (bicyclic) bond motifs is 1. The van der Waals surface area contributed by atoms with Gasteiger partial charge in [-0.25, -0.2) is 9.97 Å². The Labute approximate surface area is 148 Å². The quantitative estimate of drug-likeness (QED) is 0.768. The van der Waals surface area contributed by atoms with E-state index in [1.165, 1.54) is 18.4 Å². The normalized spacial score (nSPS) is 19.8. The van der Waals surface area contributed by atoms with E-state index >= 15 is 0 Å². The summed E-state index contributed by atoms with van der Waals surface area (Å²) in [6, 6.07) is 1.88. The van der Waals surface area contributed by atoms with Crippen LogP contribution < -0.4 is 9.64 Å². The third-order valence-electron chi connectivity index (χ3n) is 4.95. The molecular formula is C18H25N5O2. The maximum Gasteiger partial charge on any atom is 0.218 e. The number of aromatic nitrogens is 4. The maximum absolute atomic E-state index is 6.00. The summed E-state index contributed by atoms with van der Waals surface area (Å²) >= 11 is 0. The zero-order chi connectivity index (χ0) is 17.2. The van der Waals surface area contributed by atoms with Gasteiger partial charge in [-0.2, -0.15) is 5.10 Å². The highest BCUT2D eigenvalue weighted by Gasteiger charge is 2.30. The monoisotopic (exact) mass is 343 g/mol. The van der Waals surface area contributed by atoms with Gasteiger partial charge in [0.15, 0.2) is 0 Å². The molecule has 1 aliphatic heterocycles. The Bertz CT molecular complexity index is 728. The van der Waals surface area contributed by atoms with E-state index in [0.717, 1.165) is 50.3 Å². The zero-order valence-electron chi connectivity index (χ0n) is 14.9. The van der Waals surface area contributed by atoms with Crippen molar-refractivity contribution < 1.29 is 9.47 Å². The van der Waals surface area contributed by atoms with Crippen molar-refractivity contribution in [3.8, 4) is 5.88 Å². The van der Waals surface area contributed by atoms with Crippen LogP contribution in [0.1, 0.15) is 36.9 Å². The summed E-state index contributed by atoms with van der Waals surface area (Å²) in [7, 11) is 1.62. The largest absolute Gasteiger partial charge is 0.481 e. The van der Waals surface area contributed by atoms with Gasteiger partial charge in [0.2, 0.25) is 5.88 Å². The fourth-order valence-electron chi connectivity index (χ4n) is 3.31. The van der Waals surface area contributed by atoms with Crippen LogP contribution in [0, 0.1) is 5.92 Å². The molecule has 1 unspecified atom stereocenters. The molecule has 0 radical (unpaired) electrons. The minimum atomic E-state index is 0.309. The minimum Gasteiger partial charge on any atom is -0.481 e. The summed E-state index contributed by atoms with van der Waals surface area (Å²) in [5.74, 6) is 2.54. The molecule has 2 aromatic heterocycles. The second-order valence-electron chi connectivity index (χ2n) is 6.86. The molecule has 7 heteroatoms. The number of rotatable bonds is 7. The fraction of sp³-hybridized carbons (Fsp3) is 0.611. The van der Waals surface area contributed by atoms with Crippen LogP contribution in [-0.4, -0.2) is 46.6 Å². The number of nitrogens with zero attached hydrogens (tertiary/aromatic N) is 5. The molecule has 7 nitrogen and oxygen atoms in total. The van der Waals surface area contributed by atoms with Gasteiger partial charge in [0.05, 0.1) is 26.0 Å². The van der Waals surface area contributed by atoms with E-state index in [-0.39, 0.29) is 0 Å². The fourth-order valence-corrected chi connectivity index (χ4v) is 3.31. The van der Waals surface area contributed by atoms with Crippen molar-refractivity contribution >= 4 is 5.82 Å². The van der Waals surface area contributed by atoms with Crippen LogP contribution in [0.25, 0.3) is 0 Å². The molecule has 0 saturated heterocycles. The second kappa shape index (κ2) is 7.00. The van der Waals surface area contributed by atoms with Crippen LogP contribution in [0.2, 0.25) is 0 Å². The molecule has 0 aromatic carbocycles. The van der Waals surface area contributed by atoms with Crippen molar-refractivity contribution in [2.75, 3.05) is 31.8 Å². The van der Waals surface area contributed by atoms with Gasteiger partial charge in [-0.15, -0.1) is 0 Å². The number of methoxy groups -OCH3 is 1. The molecule has 0 spiro atoms. The van der Waals surface area contributed by atoms with Crippen LogP contribution in [0.5, 0.6) is 5.88 Å². The molecule has 4 rings (SSSR count). The first-order valence-electron chi connectivity index (χ1n) is 9.01. The Morgan fingerprint density at radius 2 is 2.12 bits per heavy atom. The molecule has 2 aromatic rings. The summed E-state index contributed by atoms with van der Waals surface area (Å²) in [5, 5.41) is 4.74. The van der Waals surface area contributed by atoms with E-state index in [2.05, 4.69) is 28.0 Å². The summed E-state index contributed by atoms with van der Waals surface area (Å²) in [6.07, 6.45) is 6.36. The van der Waals surface area contributed by atoms with Crippen LogP contribution in [0.3, 0.4) is 0 Å². The Hall–Kier alpha value is -2.15. The van der Waals surface area contributed by atoms with Crippen molar-refractivity contribution in [2.45, 2.75) is 38.8 Å². The molecule has 2 aliphatic rings. The number of hydrogen-bond donors (Lipinski definition) is 0. The highest BCUT2D eigenvalue weighted by molar-refractivity contribution is 5.45. The predicted octanol–water partition coefficient (Wildman–Crippen LogP) is 2.23. The molecule has 25 heavy (non-hydrogen) atoms. The Morgan fingerprint density at radius 3 is 2.88 bits per heavy atom. The van der Waals surface area contributed by atoms with E-state index in [0.29, 0.717) is 11.8 Å². The van der Waals surface area contributed by atoms with Crippen LogP contribution >= 0.6 is 0 Å². The van der Waals surface area contributed by atoms with Crippen molar-refractivity contribution in [1.29, 1.82) is 0 Å². The van der Waals surface area contributed by atoms with Gasteiger partial charge in [0, 0.05) is 43.4 Å². The van der Waals surface area contributed by atoms with E-state index in [4.69, 9.17) is 14.6 Å². The lowest BCUT2D eigenvalue weighted by atomic mass is 9.95. The molecule has 0 amide bonds. The molecule has 1 saturated carbocycles. The SMILES string of the molecule is CCn1cc2c(n1)CN(c1cc(OC)ncn1)CC2COCC1CC1. The van der Waals surface area contributed by atoms with Gasteiger partial charge in [-0.1, -0.05) is 0 Å². The number of aryl methyl sites for hydroxylation is 1. The third kappa shape index (κ3) is 3.61. The van der Waals surface area contributed by atoms with Gasteiger partial charge in [-0.05, 0) is 25.7 Å². The van der Waals surface area contributed by atoms with E-state index in [9.17, 15) is 0 Å². The predicted molar refractivity (Wildman–Crippen MR) is 93.8 cm³/mol. The molecule has 1 fully saturated rings. The lowest BCUT2D eigenvalue weighted by Gasteiger charge is -2.32. The van der Waals surface area contributed by atoms with Crippen molar-refractivity contribution in [2.24, 2.45) is 5.92 Å². The maximum atomic E-state index is 6.00. The summed E-state index contributed by atoms with van der Waals surface area (Å²) in [6.45, 7) is 6.23. The van der Waals surface area contributed by atoms with E-state index < -0.39 is 0 Å². The van der Waals surface area contributed by atoms with Gasteiger partial charge in [0.25, 0.3) is 0 Å². The standard InChI is InChI=1S/C18H25N5O2/c1-3-23-8-15-14(11-25-10-13-4-5-13)7-22(9-16(15)21-23)17-6-18(24-2)20-12-19-17/h6,8,12-14H,3-5,7,9-11H2,1-2H3. The third-order valence-corrected chi connectivity index (χ3v) is 4.95. The zero-order valence-corrected chi connectivity index (χ0v) is 14.9. The lowest BCUT2D eigenvalue weighted by Crippen LogP contribution is -2.35. The minimum absolute atomic E-state index is 0.309. The first-order valence-corrected chi connectivity index (χ1v) is 9.01. The lowest BCUT2D eigenvalue weighted by molar-refractivity contribution is 0.110. The average Bonchev–Trinajstić information content (AvgIpc) is 3.37. The van der Waals surface area contributed by atoms with Crippen molar-refractivity contribution in [3.63, 3.8) is 0 Å². The summed E-state index contributed by atoms with van der Waals surface area (Å²) in [5.41, 5.74) is 2.43. The molecule has 1 atom stereocenters. The Morgan fingerprint density at radius 1 is 1.24 bits per heavy atom. The van der Waals surface area contributed by atoms with Gasteiger partial charge < -0.3 is 14.4 Å². The van der Waals surface area contributed by atoms with Gasteiger partial charge in [-0.3, -0.25) is 4.68 Å². The second-order valence-corrected chi connectivity index (χ2v) is 6.86. The smallest absolute Gasteiger partial charge is 0.218 e. The molecule has 1 aliphatic carbocycles. The number of ether oxygens (including phenoxy) is 2. The van der Waals surface area contributed by atoms with Crippen molar-refractivity contribution in [1.82, 2.24) is 19.7 Å². The van der Waals surface area contributed by atoms with Crippen LogP contribution in [0.15, 0.2) is 18.6 Å². The molecule has 0 N–H and O–H groups in total. The van der Waals surface area contributed by atoms with E-state index in [1.807, 2.05) is 10.7 Å². The number of hydrogen-bond acceptors (Lipinski definition) is 6. The molecule has 0 bridgehead atoms. The topological polar surface area (TPSA) is 65.3 Å². The van der Waals surface area contributed by atoms with Gasteiger partial charge in [0.1, 0.15) is 12.1 Å². The first-order chi connectivity index (χ1) is 12.3. The van der Waals surface area contributed by atoms with Crippen molar-refractivity contribution in [3.05, 3.63) is 29.8 Å². The van der Waals surface area contributed by atoms with Crippen LogP contribution in [0.4, 0.5) is 5.82 Å². The van der Waals surface area contributed by atoms with E-state index in [1.54, 1.807) is 13.4 Å². The van der Waals surface area contributed by atoms with Gasteiger partial charge >= 0.3 is 0 Å². The molecular weight excluding hydrogens is 318 g/mol. The molecule has 3 heterocycles. The average molecular weight is 343 g/mol.